The summed E-state index contributed by atoms with van der Waals surface area (Å²) >= 11 is 0. The van der Waals surface area contributed by atoms with Crippen LogP contribution in [0.25, 0.3) is 0 Å². The molecule has 1 saturated heterocycles. The highest BCUT2D eigenvalue weighted by Gasteiger charge is 2.68. The maximum atomic E-state index is 11.8. The first-order valence-electron chi connectivity index (χ1n) is 5.53. The monoisotopic (exact) mass is 318 g/mol. The second-order valence-corrected chi connectivity index (χ2v) is 4.37. The van der Waals surface area contributed by atoms with E-state index in [0.29, 0.717) is 0 Å². The van der Waals surface area contributed by atoms with E-state index in [1.54, 1.807) is 0 Å². The number of nitro groups is 1. The SMILES string of the molecule is O=C1N(c2ccc([N+](=O)[O-])cc2)C(O)(O)C(O)(O)OC1(O)O. The first-order chi connectivity index (χ1) is 9.90. The number of benzene rings is 1. The van der Waals surface area contributed by atoms with Crippen LogP contribution in [0.2, 0.25) is 0 Å². The van der Waals surface area contributed by atoms with E-state index in [9.17, 15) is 45.5 Å². The van der Waals surface area contributed by atoms with Crippen molar-refractivity contribution >= 4 is 17.3 Å². The number of carbonyl (C=O) groups is 1. The molecule has 1 aliphatic heterocycles. The molecule has 1 aliphatic rings. The maximum Gasteiger partial charge on any atom is 0.367 e. The molecule has 2 rings (SSSR count). The van der Waals surface area contributed by atoms with Crippen LogP contribution in [0.4, 0.5) is 11.4 Å². The number of nitro benzene ring substituents is 1. The fraction of sp³-hybridized carbons (Fsp3) is 0.300. The smallest absolute Gasteiger partial charge is 0.342 e. The molecule has 0 atom stereocenters. The number of amides is 1. The number of non-ortho nitro benzene ring substituents is 1. The zero-order valence-corrected chi connectivity index (χ0v) is 10.5. The van der Waals surface area contributed by atoms with E-state index < -0.39 is 40.1 Å². The molecule has 1 amide bonds. The van der Waals surface area contributed by atoms with Gasteiger partial charge in [0.2, 0.25) is 0 Å². The van der Waals surface area contributed by atoms with E-state index in [0.717, 1.165) is 24.3 Å². The van der Waals surface area contributed by atoms with Crippen molar-refractivity contribution in [2.24, 2.45) is 0 Å². The summed E-state index contributed by atoms with van der Waals surface area (Å²) in [6.07, 6.45) is 0. The summed E-state index contributed by atoms with van der Waals surface area (Å²) in [5.74, 6) is -13.4. The summed E-state index contributed by atoms with van der Waals surface area (Å²) in [6.45, 7) is 0. The molecule has 0 aliphatic carbocycles. The Morgan fingerprint density at radius 3 is 2.00 bits per heavy atom. The number of aliphatic hydroxyl groups is 6. The number of hydrogen-bond donors (Lipinski definition) is 6. The number of hydrogen-bond acceptors (Lipinski definition) is 10. The van der Waals surface area contributed by atoms with E-state index in [4.69, 9.17) is 0 Å². The lowest BCUT2D eigenvalue weighted by atomic mass is 10.1. The van der Waals surface area contributed by atoms with Gasteiger partial charge in [0.25, 0.3) is 5.69 Å². The standard InChI is InChI=1S/C10H10N2O10/c13-7-8(14,15)22-10(18,19)9(16,17)11(7)5-1-3-6(4-2-5)12(20)21/h1-4,14-19H. The molecular formula is C10H10N2O10. The van der Waals surface area contributed by atoms with Gasteiger partial charge in [0, 0.05) is 12.1 Å². The minimum Gasteiger partial charge on any atom is -0.342 e. The Bertz CT molecular complexity index is 623. The number of nitrogens with zero attached hydrogens (tertiary/aromatic N) is 2. The van der Waals surface area contributed by atoms with Crippen LogP contribution < -0.4 is 4.90 Å². The molecule has 1 fully saturated rings. The highest BCUT2D eigenvalue weighted by molar-refractivity contribution is 5.98. The summed E-state index contributed by atoms with van der Waals surface area (Å²) < 4.78 is 3.73. The van der Waals surface area contributed by atoms with Gasteiger partial charge in [-0.3, -0.25) is 19.6 Å². The van der Waals surface area contributed by atoms with Crippen molar-refractivity contribution in [1.82, 2.24) is 0 Å². The summed E-state index contributed by atoms with van der Waals surface area (Å²) in [7, 11) is 0. The van der Waals surface area contributed by atoms with Gasteiger partial charge in [0.15, 0.2) is 0 Å². The molecule has 12 heteroatoms. The number of anilines is 1. The third kappa shape index (κ3) is 2.30. The Hall–Kier alpha value is -2.19. The predicted molar refractivity (Wildman–Crippen MR) is 63.2 cm³/mol. The molecule has 0 aromatic heterocycles. The van der Waals surface area contributed by atoms with Crippen molar-refractivity contribution < 1.29 is 45.1 Å². The van der Waals surface area contributed by atoms with E-state index >= 15 is 0 Å². The molecule has 0 saturated carbocycles. The van der Waals surface area contributed by atoms with Gasteiger partial charge in [-0.2, -0.15) is 0 Å². The van der Waals surface area contributed by atoms with Crippen LogP contribution in [0.15, 0.2) is 24.3 Å². The van der Waals surface area contributed by atoms with Gasteiger partial charge in [-0.25, -0.2) is 4.90 Å². The fourth-order valence-corrected chi connectivity index (χ4v) is 1.76. The van der Waals surface area contributed by atoms with Crippen LogP contribution in [0.5, 0.6) is 0 Å². The summed E-state index contributed by atoms with van der Waals surface area (Å²) in [5, 5.41) is 67.1. The van der Waals surface area contributed by atoms with Crippen molar-refractivity contribution in [2.75, 3.05) is 4.90 Å². The van der Waals surface area contributed by atoms with Gasteiger partial charge in [-0.15, -0.1) is 0 Å². The minimum absolute atomic E-state index is 0.208. The Balaban J connectivity index is 2.54. The molecule has 0 unspecified atom stereocenters. The lowest BCUT2D eigenvalue weighted by Gasteiger charge is -2.48. The molecule has 1 aromatic rings. The minimum atomic E-state index is -3.97. The normalized spacial score (nSPS) is 22.5. The van der Waals surface area contributed by atoms with Gasteiger partial charge in [-0.1, -0.05) is 0 Å². The fourth-order valence-electron chi connectivity index (χ4n) is 1.76. The third-order valence-electron chi connectivity index (χ3n) is 2.83. The average molecular weight is 318 g/mol. The second-order valence-electron chi connectivity index (χ2n) is 4.37. The van der Waals surface area contributed by atoms with Crippen LogP contribution in [0.1, 0.15) is 0 Å². The van der Waals surface area contributed by atoms with Crippen LogP contribution in [0.3, 0.4) is 0 Å². The molecule has 1 heterocycles. The predicted octanol–water partition coefficient (Wildman–Crippen LogP) is -3.13. The maximum absolute atomic E-state index is 11.8. The van der Waals surface area contributed by atoms with Gasteiger partial charge >= 0.3 is 23.8 Å². The summed E-state index contributed by atoms with van der Waals surface area (Å²) in [4.78, 5) is 21.3. The van der Waals surface area contributed by atoms with Crippen LogP contribution in [-0.2, 0) is 9.53 Å². The third-order valence-corrected chi connectivity index (χ3v) is 2.83. The lowest BCUT2D eigenvalue weighted by Crippen LogP contribution is -2.78. The van der Waals surface area contributed by atoms with Gasteiger partial charge in [0.05, 0.1) is 10.6 Å². The van der Waals surface area contributed by atoms with Gasteiger partial charge < -0.3 is 30.6 Å². The average Bonchev–Trinajstić information content (AvgIpc) is 2.36. The van der Waals surface area contributed by atoms with Crippen molar-refractivity contribution in [3.63, 3.8) is 0 Å². The zero-order valence-electron chi connectivity index (χ0n) is 10.5. The second kappa shape index (κ2) is 4.65. The highest BCUT2D eigenvalue weighted by Crippen LogP contribution is 2.37. The molecule has 12 nitrogen and oxygen atoms in total. The van der Waals surface area contributed by atoms with E-state index in [-0.39, 0.29) is 4.90 Å². The van der Waals surface area contributed by atoms with E-state index in [1.165, 1.54) is 0 Å². The van der Waals surface area contributed by atoms with Crippen molar-refractivity contribution in [2.45, 2.75) is 17.9 Å². The Morgan fingerprint density at radius 1 is 1.05 bits per heavy atom. The largest absolute Gasteiger partial charge is 0.367 e. The number of ether oxygens (including phenoxy) is 1. The Morgan fingerprint density at radius 2 is 1.55 bits per heavy atom. The molecule has 1 aromatic carbocycles. The quantitative estimate of drug-likeness (QED) is 0.184. The molecule has 0 spiro atoms. The van der Waals surface area contributed by atoms with Crippen molar-refractivity contribution in [3.8, 4) is 0 Å². The number of rotatable bonds is 2. The Kier molecular flexibility index (Phi) is 3.42. The lowest BCUT2D eigenvalue weighted by molar-refractivity contribution is -0.532. The van der Waals surface area contributed by atoms with Crippen molar-refractivity contribution in [1.29, 1.82) is 0 Å². The molecule has 0 radical (unpaired) electrons. The highest BCUT2D eigenvalue weighted by atomic mass is 16.9. The molecule has 22 heavy (non-hydrogen) atoms. The van der Waals surface area contributed by atoms with E-state index in [2.05, 4.69) is 4.74 Å². The zero-order chi connectivity index (χ0) is 16.9. The summed E-state index contributed by atoms with van der Waals surface area (Å²) in [5.41, 5.74) is -0.923. The van der Waals surface area contributed by atoms with Crippen LogP contribution in [-0.4, -0.2) is 59.3 Å². The molecule has 120 valence electrons. The van der Waals surface area contributed by atoms with Gasteiger partial charge in [-0.05, 0) is 12.1 Å². The Labute approximate surface area is 120 Å². The number of morpholine rings is 1. The first kappa shape index (κ1) is 16.2. The first-order valence-corrected chi connectivity index (χ1v) is 5.53. The molecular weight excluding hydrogens is 308 g/mol. The van der Waals surface area contributed by atoms with Crippen LogP contribution >= 0.6 is 0 Å². The van der Waals surface area contributed by atoms with E-state index in [1.807, 2.05) is 0 Å². The number of carbonyl (C=O) groups excluding carboxylic acids is 1. The summed E-state index contributed by atoms with van der Waals surface area (Å²) in [6, 6.07) is 3.41. The van der Waals surface area contributed by atoms with Crippen LogP contribution in [0, 0.1) is 10.1 Å². The molecule has 6 N–H and O–H groups in total. The molecule has 0 bridgehead atoms. The topological polar surface area (TPSA) is 194 Å². The van der Waals surface area contributed by atoms with Crippen molar-refractivity contribution in [3.05, 3.63) is 34.4 Å². The van der Waals surface area contributed by atoms with Gasteiger partial charge in [0.1, 0.15) is 0 Å².